The van der Waals surface area contributed by atoms with Crippen molar-refractivity contribution in [1.29, 1.82) is 0 Å². The molecule has 7 aromatic carbocycles. The number of hydrogen-bond donors (Lipinski definition) is 0. The van der Waals surface area contributed by atoms with Crippen LogP contribution in [0.15, 0.2) is 194 Å². The summed E-state index contributed by atoms with van der Waals surface area (Å²) in [5.74, 6) is 0.823. The van der Waals surface area contributed by atoms with Crippen LogP contribution in [0.3, 0.4) is 0 Å². The van der Waals surface area contributed by atoms with Gasteiger partial charge in [0.2, 0.25) is 0 Å². The predicted octanol–water partition coefficient (Wildman–Crippen LogP) is 12.3. The molecule has 2 aliphatic rings. The number of nitrogens with zero attached hydrogens (tertiary/aromatic N) is 4. The minimum atomic E-state index is 0.0175. The first-order valence-electron chi connectivity index (χ1n) is 17.8. The topological polar surface area (TPSA) is 32.3 Å². The van der Waals surface area contributed by atoms with Crippen molar-refractivity contribution in [2.75, 3.05) is 9.80 Å². The van der Waals surface area contributed by atoms with E-state index in [2.05, 4.69) is 180 Å². The SMILES string of the molecule is c1ccc(-c2cc(-c3cccc(N4c5ccccc5C5c6ccccc6N(c6ccccc6)c6ccccc6C54)c3)nc(-c3ccccc3)n2)cc1. The van der Waals surface area contributed by atoms with Gasteiger partial charge in [-0.05, 0) is 65.2 Å². The average molecular weight is 667 g/mol. The molecule has 0 amide bonds. The van der Waals surface area contributed by atoms with Crippen molar-refractivity contribution in [2.45, 2.75) is 12.0 Å². The van der Waals surface area contributed by atoms with Crippen molar-refractivity contribution in [3.05, 3.63) is 211 Å². The van der Waals surface area contributed by atoms with E-state index < -0.39 is 0 Å². The lowest BCUT2D eigenvalue weighted by Crippen LogP contribution is -2.22. The second-order valence-corrected chi connectivity index (χ2v) is 13.4. The highest BCUT2D eigenvalue weighted by molar-refractivity contribution is 5.88. The quantitative estimate of drug-likeness (QED) is 0.183. The summed E-state index contributed by atoms with van der Waals surface area (Å²) in [6, 6.07) is 69.2. The van der Waals surface area contributed by atoms with Gasteiger partial charge in [-0.2, -0.15) is 0 Å². The molecule has 4 heteroatoms. The van der Waals surface area contributed by atoms with Crippen LogP contribution in [0.2, 0.25) is 0 Å². The number of fused-ring (bicyclic) bond motifs is 7. The van der Waals surface area contributed by atoms with Gasteiger partial charge in [0, 0.05) is 39.7 Å². The zero-order valence-corrected chi connectivity index (χ0v) is 28.4. The molecule has 0 N–H and O–H groups in total. The van der Waals surface area contributed by atoms with E-state index >= 15 is 0 Å². The van der Waals surface area contributed by atoms with Crippen LogP contribution in [-0.4, -0.2) is 9.97 Å². The van der Waals surface area contributed by atoms with E-state index in [1.165, 1.54) is 33.8 Å². The molecule has 2 aliphatic heterocycles. The van der Waals surface area contributed by atoms with Gasteiger partial charge in [0.1, 0.15) is 0 Å². The minimum Gasteiger partial charge on any atom is -0.333 e. The molecule has 246 valence electrons. The van der Waals surface area contributed by atoms with Gasteiger partial charge >= 0.3 is 0 Å². The molecule has 2 atom stereocenters. The Labute approximate surface area is 304 Å². The molecule has 0 spiro atoms. The van der Waals surface area contributed by atoms with Gasteiger partial charge in [-0.1, -0.05) is 146 Å². The molecule has 0 aliphatic carbocycles. The molecule has 3 heterocycles. The molecular weight excluding hydrogens is 633 g/mol. The van der Waals surface area contributed by atoms with Gasteiger partial charge in [0.15, 0.2) is 5.82 Å². The zero-order valence-electron chi connectivity index (χ0n) is 28.4. The molecule has 10 rings (SSSR count). The lowest BCUT2D eigenvalue weighted by molar-refractivity contribution is 0.665. The lowest BCUT2D eigenvalue weighted by atomic mass is 9.84. The molecular formula is C48H34N4. The Balaban J connectivity index is 1.17. The number of benzene rings is 7. The first kappa shape index (κ1) is 30.1. The summed E-state index contributed by atoms with van der Waals surface area (Å²) >= 11 is 0. The molecule has 1 aromatic heterocycles. The van der Waals surface area contributed by atoms with E-state index in [0.717, 1.165) is 39.5 Å². The molecule has 0 bridgehead atoms. The fraction of sp³-hybridized carbons (Fsp3) is 0.0417. The molecule has 4 nitrogen and oxygen atoms in total. The van der Waals surface area contributed by atoms with E-state index in [9.17, 15) is 0 Å². The average Bonchev–Trinajstić information content (AvgIpc) is 3.51. The minimum absolute atomic E-state index is 0.0175. The van der Waals surface area contributed by atoms with Crippen molar-refractivity contribution in [3.8, 4) is 33.9 Å². The lowest BCUT2D eigenvalue weighted by Gasteiger charge is -2.32. The summed E-state index contributed by atoms with van der Waals surface area (Å²) in [6.45, 7) is 0. The van der Waals surface area contributed by atoms with Crippen molar-refractivity contribution in [2.24, 2.45) is 0 Å². The third-order valence-electron chi connectivity index (χ3n) is 10.4. The van der Waals surface area contributed by atoms with Crippen LogP contribution in [0.25, 0.3) is 33.9 Å². The van der Waals surface area contributed by atoms with Gasteiger partial charge in [-0.3, -0.25) is 0 Å². The second kappa shape index (κ2) is 12.5. The molecule has 0 saturated heterocycles. The van der Waals surface area contributed by atoms with Crippen LogP contribution < -0.4 is 9.80 Å². The third-order valence-corrected chi connectivity index (χ3v) is 10.4. The van der Waals surface area contributed by atoms with Gasteiger partial charge in [-0.15, -0.1) is 0 Å². The van der Waals surface area contributed by atoms with Crippen LogP contribution in [0.1, 0.15) is 28.7 Å². The van der Waals surface area contributed by atoms with E-state index in [1.807, 2.05) is 24.3 Å². The number of anilines is 5. The summed E-state index contributed by atoms with van der Waals surface area (Å²) < 4.78 is 0. The zero-order chi connectivity index (χ0) is 34.4. The number of rotatable bonds is 5. The number of para-hydroxylation sites is 4. The summed E-state index contributed by atoms with van der Waals surface area (Å²) in [5, 5.41) is 0. The Morgan fingerprint density at radius 1 is 0.365 bits per heavy atom. The van der Waals surface area contributed by atoms with Crippen LogP contribution in [-0.2, 0) is 0 Å². The van der Waals surface area contributed by atoms with Crippen LogP contribution in [0, 0.1) is 0 Å². The van der Waals surface area contributed by atoms with E-state index in [1.54, 1.807) is 0 Å². The molecule has 8 aromatic rings. The van der Waals surface area contributed by atoms with E-state index in [4.69, 9.17) is 9.97 Å². The summed E-state index contributed by atoms with van der Waals surface area (Å²) in [5.41, 5.74) is 14.7. The molecule has 2 unspecified atom stereocenters. The number of hydrogen-bond acceptors (Lipinski definition) is 4. The fourth-order valence-corrected chi connectivity index (χ4v) is 8.16. The summed E-state index contributed by atoms with van der Waals surface area (Å²) in [7, 11) is 0. The largest absolute Gasteiger partial charge is 0.333 e. The Kier molecular flexibility index (Phi) is 7.24. The normalized spacial score (nSPS) is 15.6. The number of aromatic nitrogens is 2. The Hall–Kier alpha value is -6.78. The first-order chi connectivity index (χ1) is 25.8. The Bertz CT molecular complexity index is 2490. The summed E-state index contributed by atoms with van der Waals surface area (Å²) in [4.78, 5) is 15.2. The smallest absolute Gasteiger partial charge is 0.160 e. The highest BCUT2D eigenvalue weighted by Crippen LogP contribution is 2.61. The Morgan fingerprint density at radius 2 is 0.846 bits per heavy atom. The van der Waals surface area contributed by atoms with E-state index in [0.29, 0.717) is 5.82 Å². The standard InChI is InChI=1S/C48H34N4/c1-4-17-33(18-5-1)41-32-42(50-48(49-41)34-19-6-2-7-20-34)35-21-16-24-37(31-35)52-44-29-14-11-26-39(44)46-38-25-10-13-28-43(38)51(36-22-8-3-9-23-36)45-30-15-12-27-40(45)47(46)52/h1-32,46-47H. The molecule has 0 radical (unpaired) electrons. The first-order valence-corrected chi connectivity index (χ1v) is 17.8. The van der Waals surface area contributed by atoms with Gasteiger partial charge in [-0.25, -0.2) is 9.97 Å². The summed E-state index contributed by atoms with van der Waals surface area (Å²) in [6.07, 6.45) is 0. The van der Waals surface area contributed by atoms with Gasteiger partial charge in [0.05, 0.1) is 28.8 Å². The highest BCUT2D eigenvalue weighted by atomic mass is 15.2. The maximum Gasteiger partial charge on any atom is 0.160 e. The van der Waals surface area contributed by atoms with Crippen LogP contribution in [0.5, 0.6) is 0 Å². The third kappa shape index (κ3) is 4.99. The van der Waals surface area contributed by atoms with Crippen LogP contribution >= 0.6 is 0 Å². The van der Waals surface area contributed by atoms with Crippen LogP contribution in [0.4, 0.5) is 28.4 Å². The maximum atomic E-state index is 5.18. The molecule has 0 fully saturated rings. The monoisotopic (exact) mass is 666 g/mol. The van der Waals surface area contributed by atoms with Crippen molar-refractivity contribution in [3.63, 3.8) is 0 Å². The van der Waals surface area contributed by atoms with Gasteiger partial charge < -0.3 is 9.80 Å². The molecule has 52 heavy (non-hydrogen) atoms. The maximum absolute atomic E-state index is 5.18. The van der Waals surface area contributed by atoms with Gasteiger partial charge in [0.25, 0.3) is 0 Å². The van der Waals surface area contributed by atoms with Crippen molar-refractivity contribution < 1.29 is 0 Å². The van der Waals surface area contributed by atoms with Crippen molar-refractivity contribution >= 4 is 28.4 Å². The Morgan fingerprint density at radius 3 is 1.54 bits per heavy atom. The highest BCUT2D eigenvalue weighted by Gasteiger charge is 2.45. The second-order valence-electron chi connectivity index (χ2n) is 13.4. The van der Waals surface area contributed by atoms with E-state index in [-0.39, 0.29) is 12.0 Å². The van der Waals surface area contributed by atoms with Crippen molar-refractivity contribution in [1.82, 2.24) is 9.97 Å². The molecule has 0 saturated carbocycles. The predicted molar refractivity (Wildman–Crippen MR) is 213 cm³/mol. The fourth-order valence-electron chi connectivity index (χ4n) is 8.16.